The largest absolute Gasteiger partial charge is 0.495 e. The van der Waals surface area contributed by atoms with E-state index in [2.05, 4.69) is 4.90 Å². The number of benzene rings is 2. The predicted octanol–water partition coefficient (Wildman–Crippen LogP) is 2.73. The molecule has 7 nitrogen and oxygen atoms in total. The lowest BCUT2D eigenvalue weighted by Crippen LogP contribution is -2.49. The summed E-state index contributed by atoms with van der Waals surface area (Å²) in [6.45, 7) is 4.92. The van der Waals surface area contributed by atoms with Crippen LogP contribution in [-0.2, 0) is 4.79 Å². The van der Waals surface area contributed by atoms with Crippen molar-refractivity contribution >= 4 is 23.4 Å². The molecule has 2 aliphatic rings. The highest BCUT2D eigenvalue weighted by Gasteiger charge is 2.35. The summed E-state index contributed by atoms with van der Waals surface area (Å²) in [6, 6.07) is 13.2. The van der Waals surface area contributed by atoms with Gasteiger partial charge in [-0.25, -0.2) is 0 Å². The monoisotopic (exact) mass is 421 g/mol. The van der Waals surface area contributed by atoms with E-state index >= 15 is 0 Å². The average Bonchev–Trinajstić information content (AvgIpc) is 3.03. The van der Waals surface area contributed by atoms with Crippen molar-refractivity contribution in [1.82, 2.24) is 9.80 Å². The van der Waals surface area contributed by atoms with Crippen molar-refractivity contribution in [1.29, 1.82) is 0 Å². The van der Waals surface area contributed by atoms with Crippen LogP contribution in [0.3, 0.4) is 0 Å². The topological polar surface area (TPSA) is 70.2 Å². The van der Waals surface area contributed by atoms with Crippen molar-refractivity contribution in [3.63, 3.8) is 0 Å². The smallest absolute Gasteiger partial charge is 0.261 e. The zero-order valence-electron chi connectivity index (χ0n) is 18.0. The van der Waals surface area contributed by atoms with Gasteiger partial charge in [-0.15, -0.1) is 0 Å². The number of hydrogen-bond donors (Lipinski definition) is 0. The number of rotatable bonds is 6. The molecule has 1 fully saturated rings. The Bertz CT molecular complexity index is 1010. The molecule has 3 amide bonds. The Morgan fingerprint density at radius 3 is 2.42 bits per heavy atom. The molecular formula is C24H27N3O4. The Hall–Kier alpha value is -3.35. The van der Waals surface area contributed by atoms with Gasteiger partial charge in [-0.3, -0.25) is 19.3 Å². The molecule has 2 aromatic carbocycles. The maximum atomic E-state index is 12.7. The summed E-state index contributed by atoms with van der Waals surface area (Å²) in [5.74, 6) is 0.366. The van der Waals surface area contributed by atoms with Crippen LogP contribution < -0.4 is 9.64 Å². The zero-order chi connectivity index (χ0) is 22.0. The third kappa shape index (κ3) is 4.13. The molecule has 0 atom stereocenters. The molecule has 0 saturated carbocycles. The van der Waals surface area contributed by atoms with Gasteiger partial charge in [0.25, 0.3) is 11.8 Å². The van der Waals surface area contributed by atoms with Crippen LogP contribution in [0.2, 0.25) is 0 Å². The second-order valence-corrected chi connectivity index (χ2v) is 7.95. The van der Waals surface area contributed by atoms with E-state index in [1.807, 2.05) is 42.2 Å². The van der Waals surface area contributed by atoms with Gasteiger partial charge in [0.05, 0.1) is 23.9 Å². The van der Waals surface area contributed by atoms with Gasteiger partial charge in [-0.2, -0.15) is 0 Å². The molecule has 2 heterocycles. The molecule has 162 valence electrons. The fourth-order valence-corrected chi connectivity index (χ4v) is 4.24. The molecule has 2 aromatic rings. The summed E-state index contributed by atoms with van der Waals surface area (Å²) in [6.07, 6.45) is 0.789. The quantitative estimate of drug-likeness (QED) is 0.671. The van der Waals surface area contributed by atoms with Gasteiger partial charge in [0.2, 0.25) is 5.91 Å². The number of ether oxygens (including phenoxy) is 1. The van der Waals surface area contributed by atoms with Gasteiger partial charge in [-0.1, -0.05) is 23.8 Å². The van der Waals surface area contributed by atoms with Crippen LogP contribution in [0.15, 0.2) is 42.5 Å². The zero-order valence-corrected chi connectivity index (χ0v) is 18.0. The fourth-order valence-electron chi connectivity index (χ4n) is 4.24. The van der Waals surface area contributed by atoms with E-state index in [4.69, 9.17) is 4.74 Å². The van der Waals surface area contributed by atoms with Gasteiger partial charge < -0.3 is 14.5 Å². The SMILES string of the molecule is COc1ccccc1N1CCN(C(=O)CCCN2C(=O)c3ccc(C)cc3C2=O)CC1. The number of amides is 3. The molecule has 31 heavy (non-hydrogen) atoms. The predicted molar refractivity (Wildman–Crippen MR) is 118 cm³/mol. The summed E-state index contributed by atoms with van der Waals surface area (Å²) in [5.41, 5.74) is 2.90. The number of para-hydroxylation sites is 2. The highest BCUT2D eigenvalue weighted by atomic mass is 16.5. The molecule has 0 bridgehead atoms. The molecule has 1 saturated heterocycles. The third-order valence-electron chi connectivity index (χ3n) is 5.96. The van der Waals surface area contributed by atoms with Crippen molar-refractivity contribution in [2.45, 2.75) is 19.8 Å². The van der Waals surface area contributed by atoms with Gasteiger partial charge >= 0.3 is 0 Å². The number of methoxy groups -OCH3 is 1. The minimum atomic E-state index is -0.266. The summed E-state index contributed by atoms with van der Waals surface area (Å²) in [5, 5.41) is 0. The first-order chi connectivity index (χ1) is 15.0. The van der Waals surface area contributed by atoms with Crippen molar-refractivity contribution in [2.24, 2.45) is 0 Å². The lowest BCUT2D eigenvalue weighted by molar-refractivity contribution is -0.131. The second kappa shape index (κ2) is 8.79. The Balaban J connectivity index is 1.27. The van der Waals surface area contributed by atoms with Gasteiger partial charge in [0, 0.05) is 39.1 Å². The molecule has 0 aliphatic carbocycles. The Morgan fingerprint density at radius 1 is 0.968 bits per heavy atom. The minimum Gasteiger partial charge on any atom is -0.495 e. The summed E-state index contributed by atoms with van der Waals surface area (Å²) >= 11 is 0. The Kier molecular flexibility index (Phi) is 5.93. The molecular weight excluding hydrogens is 394 g/mol. The average molecular weight is 421 g/mol. The van der Waals surface area contributed by atoms with Crippen LogP contribution in [-0.4, -0.2) is 67.4 Å². The maximum absolute atomic E-state index is 12.7. The van der Waals surface area contributed by atoms with E-state index < -0.39 is 0 Å². The summed E-state index contributed by atoms with van der Waals surface area (Å²) in [4.78, 5) is 43.1. The number of hydrogen-bond acceptors (Lipinski definition) is 5. The lowest BCUT2D eigenvalue weighted by atomic mass is 10.1. The number of imide groups is 1. The first kappa shape index (κ1) is 20.9. The standard InChI is InChI=1S/C24H27N3O4/c1-17-9-10-18-19(16-17)24(30)27(23(18)29)11-5-8-22(28)26-14-12-25(13-15-26)20-6-3-4-7-21(20)31-2/h3-4,6-7,9-10,16H,5,8,11-15H2,1-2H3. The number of carbonyl (C=O) groups excluding carboxylic acids is 3. The summed E-state index contributed by atoms with van der Waals surface area (Å²) in [7, 11) is 1.66. The second-order valence-electron chi connectivity index (χ2n) is 7.95. The first-order valence-electron chi connectivity index (χ1n) is 10.6. The van der Waals surface area contributed by atoms with Gasteiger partial charge in [0.15, 0.2) is 0 Å². The minimum absolute atomic E-state index is 0.0622. The van der Waals surface area contributed by atoms with Crippen LogP contribution in [0.25, 0.3) is 0 Å². The van der Waals surface area contributed by atoms with E-state index in [-0.39, 0.29) is 24.3 Å². The van der Waals surface area contributed by atoms with Crippen LogP contribution in [0.4, 0.5) is 5.69 Å². The highest BCUT2D eigenvalue weighted by Crippen LogP contribution is 2.28. The van der Waals surface area contributed by atoms with Crippen molar-refractivity contribution < 1.29 is 19.1 Å². The van der Waals surface area contributed by atoms with Crippen molar-refractivity contribution in [2.75, 3.05) is 44.7 Å². The molecule has 0 N–H and O–H groups in total. The molecule has 0 aromatic heterocycles. The van der Waals surface area contributed by atoms with E-state index in [0.717, 1.165) is 30.1 Å². The maximum Gasteiger partial charge on any atom is 0.261 e. The summed E-state index contributed by atoms with van der Waals surface area (Å²) < 4.78 is 5.44. The number of fused-ring (bicyclic) bond motifs is 1. The normalized spacial score (nSPS) is 16.0. The Labute approximate surface area is 182 Å². The van der Waals surface area contributed by atoms with E-state index in [9.17, 15) is 14.4 Å². The lowest BCUT2D eigenvalue weighted by Gasteiger charge is -2.36. The third-order valence-corrected chi connectivity index (χ3v) is 5.96. The van der Waals surface area contributed by atoms with Crippen molar-refractivity contribution in [3.8, 4) is 5.75 Å². The molecule has 7 heteroatoms. The van der Waals surface area contributed by atoms with E-state index in [0.29, 0.717) is 37.1 Å². The first-order valence-corrected chi connectivity index (χ1v) is 10.6. The molecule has 0 spiro atoms. The number of anilines is 1. The van der Waals surface area contributed by atoms with Gasteiger partial charge in [-0.05, 0) is 37.6 Å². The number of nitrogens with zero attached hydrogens (tertiary/aromatic N) is 3. The van der Waals surface area contributed by atoms with Crippen LogP contribution in [0, 0.1) is 6.92 Å². The van der Waals surface area contributed by atoms with Gasteiger partial charge in [0.1, 0.15) is 5.75 Å². The van der Waals surface area contributed by atoms with Crippen molar-refractivity contribution in [3.05, 3.63) is 59.2 Å². The Morgan fingerprint density at radius 2 is 1.68 bits per heavy atom. The fraction of sp³-hybridized carbons (Fsp3) is 0.375. The molecule has 0 radical (unpaired) electrons. The molecule has 0 unspecified atom stereocenters. The number of carbonyl (C=O) groups is 3. The molecule has 4 rings (SSSR count). The number of piperazine rings is 1. The van der Waals surface area contributed by atoms with E-state index in [1.165, 1.54) is 4.90 Å². The highest BCUT2D eigenvalue weighted by molar-refractivity contribution is 6.21. The number of aryl methyl sites for hydroxylation is 1. The van der Waals surface area contributed by atoms with Crippen LogP contribution >= 0.6 is 0 Å². The van der Waals surface area contributed by atoms with E-state index in [1.54, 1.807) is 19.2 Å². The van der Waals surface area contributed by atoms with Crippen LogP contribution in [0.5, 0.6) is 5.75 Å². The molecule has 2 aliphatic heterocycles. The van der Waals surface area contributed by atoms with Crippen LogP contribution in [0.1, 0.15) is 39.1 Å².